The Balaban J connectivity index is 1.71. The number of piperazine rings is 1. The summed E-state index contributed by atoms with van der Waals surface area (Å²) in [6.45, 7) is 3.52. The number of hydrogen-bond donors (Lipinski definition) is 1. The highest BCUT2D eigenvalue weighted by atomic mass is 32.2. The lowest BCUT2D eigenvalue weighted by Gasteiger charge is -2.34. The molecule has 1 N–H and O–H groups in total. The Morgan fingerprint density at radius 2 is 1.65 bits per heavy atom. The van der Waals surface area contributed by atoms with Crippen LogP contribution in [0, 0.1) is 0 Å². The molecule has 0 atom stereocenters. The first-order chi connectivity index (χ1) is 14.9. The van der Waals surface area contributed by atoms with Gasteiger partial charge >= 0.3 is 0 Å². The number of nitrogens with zero attached hydrogens (tertiary/aromatic N) is 3. The standard InChI is InChI=1S/C22H26N4O4S/c1-25-10-12-26(13-11-25)22-18-7-5-4-6-16(18)14-21(23-22)24-31(27,28)17-8-9-19(29-2)20(15-17)30-3/h4-9,14-15H,10-13H2,1-3H3,(H,23,24). The molecule has 4 rings (SSSR count). The average molecular weight is 443 g/mol. The summed E-state index contributed by atoms with van der Waals surface area (Å²) in [7, 11) is 1.19. The van der Waals surface area contributed by atoms with E-state index < -0.39 is 10.0 Å². The number of methoxy groups -OCH3 is 2. The van der Waals surface area contributed by atoms with Crippen molar-refractivity contribution in [3.63, 3.8) is 0 Å². The summed E-state index contributed by atoms with van der Waals surface area (Å²) in [5, 5.41) is 1.93. The molecule has 1 aliphatic rings. The molecule has 2 aromatic carbocycles. The third-order valence-corrected chi connectivity index (χ3v) is 6.78. The van der Waals surface area contributed by atoms with Crippen molar-refractivity contribution >= 4 is 32.4 Å². The zero-order valence-electron chi connectivity index (χ0n) is 17.8. The van der Waals surface area contributed by atoms with E-state index in [1.165, 1.54) is 26.4 Å². The Morgan fingerprint density at radius 1 is 0.935 bits per heavy atom. The fourth-order valence-corrected chi connectivity index (χ4v) is 4.68. The van der Waals surface area contributed by atoms with Crippen molar-refractivity contribution in [3.05, 3.63) is 48.5 Å². The normalized spacial score (nSPS) is 15.1. The van der Waals surface area contributed by atoms with E-state index in [2.05, 4.69) is 21.6 Å². The van der Waals surface area contributed by atoms with E-state index in [-0.39, 0.29) is 10.7 Å². The summed E-state index contributed by atoms with van der Waals surface area (Å²) >= 11 is 0. The van der Waals surface area contributed by atoms with Gasteiger partial charge in [0.25, 0.3) is 10.0 Å². The van der Waals surface area contributed by atoms with Crippen molar-refractivity contribution in [1.29, 1.82) is 0 Å². The van der Waals surface area contributed by atoms with E-state index in [1.807, 2.05) is 24.3 Å². The number of sulfonamides is 1. The smallest absolute Gasteiger partial charge is 0.263 e. The largest absolute Gasteiger partial charge is 0.493 e. The summed E-state index contributed by atoms with van der Waals surface area (Å²) < 4.78 is 39.2. The van der Waals surface area contributed by atoms with Gasteiger partial charge in [-0.2, -0.15) is 0 Å². The molecule has 1 fully saturated rings. The van der Waals surface area contributed by atoms with Crippen LogP contribution in [0.2, 0.25) is 0 Å². The van der Waals surface area contributed by atoms with E-state index in [4.69, 9.17) is 14.5 Å². The molecule has 9 heteroatoms. The molecule has 0 bridgehead atoms. The van der Waals surface area contributed by atoms with Gasteiger partial charge in [0.05, 0.1) is 19.1 Å². The van der Waals surface area contributed by atoms with Crippen LogP contribution in [0.25, 0.3) is 10.8 Å². The fourth-order valence-electron chi connectivity index (χ4n) is 3.67. The van der Waals surface area contributed by atoms with Crippen molar-refractivity contribution in [2.45, 2.75) is 4.90 Å². The number of ether oxygens (including phenoxy) is 2. The summed E-state index contributed by atoms with van der Waals surface area (Å²) in [4.78, 5) is 9.24. The Morgan fingerprint density at radius 3 is 2.35 bits per heavy atom. The molecule has 2 heterocycles. The van der Waals surface area contributed by atoms with Crippen molar-refractivity contribution in [2.24, 2.45) is 0 Å². The minimum Gasteiger partial charge on any atom is -0.493 e. The van der Waals surface area contributed by atoms with Gasteiger partial charge in [0.1, 0.15) is 11.6 Å². The van der Waals surface area contributed by atoms with Crippen molar-refractivity contribution < 1.29 is 17.9 Å². The van der Waals surface area contributed by atoms with Gasteiger partial charge in [0.15, 0.2) is 11.5 Å². The maximum absolute atomic E-state index is 13.1. The number of likely N-dealkylation sites (N-methyl/N-ethyl adjacent to an activating group) is 1. The van der Waals surface area contributed by atoms with Crippen LogP contribution in [0.5, 0.6) is 11.5 Å². The number of hydrogen-bond acceptors (Lipinski definition) is 7. The molecule has 31 heavy (non-hydrogen) atoms. The van der Waals surface area contributed by atoms with Gasteiger partial charge in [-0.3, -0.25) is 4.72 Å². The first-order valence-corrected chi connectivity index (χ1v) is 11.5. The van der Waals surface area contributed by atoms with Gasteiger partial charge in [-0.1, -0.05) is 24.3 Å². The molecule has 8 nitrogen and oxygen atoms in total. The maximum atomic E-state index is 13.1. The number of benzene rings is 2. The highest BCUT2D eigenvalue weighted by Crippen LogP contribution is 2.32. The third-order valence-electron chi connectivity index (χ3n) is 5.43. The molecule has 1 aromatic heterocycles. The lowest BCUT2D eigenvalue weighted by molar-refractivity contribution is 0.312. The van der Waals surface area contributed by atoms with E-state index in [0.717, 1.165) is 42.8 Å². The second-order valence-electron chi connectivity index (χ2n) is 7.46. The predicted molar refractivity (Wildman–Crippen MR) is 122 cm³/mol. The molecular formula is C22H26N4O4S. The van der Waals surface area contributed by atoms with E-state index in [0.29, 0.717) is 11.5 Å². The molecule has 0 spiro atoms. The van der Waals surface area contributed by atoms with Gasteiger partial charge in [-0.15, -0.1) is 0 Å². The Labute approximate surface area is 182 Å². The van der Waals surface area contributed by atoms with Crippen LogP contribution in [-0.4, -0.2) is 65.7 Å². The molecule has 0 radical (unpaired) electrons. The van der Waals surface area contributed by atoms with Crippen LogP contribution in [-0.2, 0) is 10.0 Å². The monoisotopic (exact) mass is 442 g/mol. The first-order valence-electron chi connectivity index (χ1n) is 9.99. The second-order valence-corrected chi connectivity index (χ2v) is 9.15. The molecule has 0 unspecified atom stereocenters. The molecule has 1 aliphatic heterocycles. The lowest BCUT2D eigenvalue weighted by Crippen LogP contribution is -2.45. The Kier molecular flexibility index (Phi) is 5.88. The quantitative estimate of drug-likeness (QED) is 0.628. The van der Waals surface area contributed by atoms with Crippen molar-refractivity contribution in [3.8, 4) is 11.5 Å². The highest BCUT2D eigenvalue weighted by Gasteiger charge is 2.21. The summed E-state index contributed by atoms with van der Waals surface area (Å²) in [6.07, 6.45) is 0. The third kappa shape index (κ3) is 4.38. The minimum absolute atomic E-state index is 0.0706. The van der Waals surface area contributed by atoms with Crippen LogP contribution in [0.3, 0.4) is 0 Å². The highest BCUT2D eigenvalue weighted by molar-refractivity contribution is 7.92. The molecular weight excluding hydrogens is 416 g/mol. The van der Waals surface area contributed by atoms with Crippen LogP contribution in [0.15, 0.2) is 53.4 Å². The van der Waals surface area contributed by atoms with Crippen LogP contribution in [0.4, 0.5) is 11.6 Å². The predicted octanol–water partition coefficient (Wildman–Crippen LogP) is 2.80. The minimum atomic E-state index is -3.87. The Hall–Kier alpha value is -3.04. The number of aromatic nitrogens is 1. The van der Waals surface area contributed by atoms with Gasteiger partial charge in [0, 0.05) is 37.6 Å². The Bertz CT molecular complexity index is 1190. The SMILES string of the molecule is COc1ccc(S(=O)(=O)Nc2cc3ccccc3c(N3CCN(C)CC3)n2)cc1OC. The number of nitrogens with one attached hydrogen (secondary N) is 1. The van der Waals surface area contributed by atoms with Gasteiger partial charge in [-0.05, 0) is 30.6 Å². The zero-order chi connectivity index (χ0) is 22.0. The second kappa shape index (κ2) is 8.60. The van der Waals surface area contributed by atoms with Crippen LogP contribution < -0.4 is 19.1 Å². The van der Waals surface area contributed by atoms with Crippen molar-refractivity contribution in [1.82, 2.24) is 9.88 Å². The fraction of sp³-hybridized carbons (Fsp3) is 0.318. The summed E-state index contributed by atoms with van der Waals surface area (Å²) in [5.41, 5.74) is 0. The zero-order valence-corrected chi connectivity index (χ0v) is 18.6. The number of rotatable bonds is 6. The van der Waals surface area contributed by atoms with Crippen LogP contribution in [0.1, 0.15) is 0 Å². The summed E-state index contributed by atoms with van der Waals surface area (Å²) in [5.74, 6) is 1.87. The first kappa shape index (κ1) is 21.2. The van der Waals surface area contributed by atoms with Gasteiger partial charge < -0.3 is 19.3 Å². The number of anilines is 2. The van der Waals surface area contributed by atoms with E-state index in [9.17, 15) is 8.42 Å². The molecule has 1 saturated heterocycles. The van der Waals surface area contributed by atoms with E-state index >= 15 is 0 Å². The average Bonchev–Trinajstić information content (AvgIpc) is 2.78. The van der Waals surface area contributed by atoms with Crippen LogP contribution >= 0.6 is 0 Å². The maximum Gasteiger partial charge on any atom is 0.263 e. The molecule has 0 amide bonds. The number of fused-ring (bicyclic) bond motifs is 1. The van der Waals surface area contributed by atoms with Gasteiger partial charge in [-0.25, -0.2) is 13.4 Å². The topological polar surface area (TPSA) is 84.0 Å². The molecule has 0 saturated carbocycles. The van der Waals surface area contributed by atoms with E-state index in [1.54, 1.807) is 12.1 Å². The van der Waals surface area contributed by atoms with Gasteiger partial charge in [0.2, 0.25) is 0 Å². The van der Waals surface area contributed by atoms with Crippen molar-refractivity contribution in [2.75, 3.05) is 57.1 Å². The molecule has 0 aliphatic carbocycles. The molecule has 3 aromatic rings. The lowest BCUT2D eigenvalue weighted by atomic mass is 10.1. The summed E-state index contributed by atoms with van der Waals surface area (Å²) in [6, 6.07) is 14.1. The molecule has 164 valence electrons. The number of pyridine rings is 1.